The van der Waals surface area contributed by atoms with Gasteiger partial charge in [-0.2, -0.15) is 0 Å². The molecule has 0 unspecified atom stereocenters. The van der Waals surface area contributed by atoms with Crippen LogP contribution in [0.1, 0.15) is 14.0 Å². The molecule has 0 aliphatic rings. The Morgan fingerprint density at radius 3 is 1.88 bits per heavy atom. The van der Waals surface area contributed by atoms with Gasteiger partial charge in [0.25, 0.3) is 0 Å². The van der Waals surface area contributed by atoms with Gasteiger partial charge < -0.3 is 4.42 Å². The molecule has 240 valence electrons. The zero-order chi connectivity index (χ0) is 35.5. The van der Waals surface area contributed by atoms with Crippen molar-refractivity contribution in [3.05, 3.63) is 187 Å². The second-order valence-corrected chi connectivity index (χ2v) is 12.7. The molecule has 3 aromatic heterocycles. The van der Waals surface area contributed by atoms with Crippen molar-refractivity contribution in [1.82, 2.24) is 14.5 Å². The summed E-state index contributed by atoms with van der Waals surface area (Å²) in [6.45, 7) is 0. The maximum Gasteiger partial charge on any atom is 0.227 e. The second-order valence-electron chi connectivity index (χ2n) is 12.7. The Morgan fingerprint density at radius 2 is 1.14 bits per heavy atom. The zero-order valence-corrected chi connectivity index (χ0v) is 27.5. The molecule has 51 heavy (non-hydrogen) atoms. The Morgan fingerprint density at radius 1 is 0.510 bits per heavy atom. The summed E-state index contributed by atoms with van der Waals surface area (Å²) in [5.74, 6) is 0.737. The number of pyridine rings is 1. The molecule has 0 N–H and O–H groups in total. The number of hydrogen-bond donors (Lipinski definition) is 0. The lowest BCUT2D eigenvalue weighted by molar-refractivity contribution is 0.652. The molecule has 10 rings (SSSR count). The largest absolute Gasteiger partial charge is 0.437 e. The monoisotopic (exact) mass is 655 g/mol. The van der Waals surface area contributed by atoms with Crippen molar-refractivity contribution in [2.24, 2.45) is 0 Å². The van der Waals surface area contributed by atoms with E-state index in [1.165, 1.54) is 0 Å². The molecular formula is C47H31N3O. The van der Waals surface area contributed by atoms with E-state index in [9.17, 15) is 0 Å². The van der Waals surface area contributed by atoms with Crippen molar-refractivity contribution < 1.29 is 7.16 Å². The topological polar surface area (TPSA) is 43.9 Å². The summed E-state index contributed by atoms with van der Waals surface area (Å²) in [5.41, 5.74) is 9.90. The summed E-state index contributed by atoms with van der Waals surface area (Å²) in [6.07, 6.45) is -1.80. The molecule has 0 atom stereocenters. The zero-order valence-electron chi connectivity index (χ0n) is 29.5. The molecule has 0 aliphatic heterocycles. The summed E-state index contributed by atoms with van der Waals surface area (Å²) in [7, 11) is 0. The van der Waals surface area contributed by atoms with Gasteiger partial charge in [0.1, 0.15) is 11.4 Å². The fourth-order valence-electron chi connectivity index (χ4n) is 7.30. The number of para-hydroxylation sites is 2. The average Bonchev–Trinajstić information content (AvgIpc) is 3.80. The predicted molar refractivity (Wildman–Crippen MR) is 209 cm³/mol. The molecule has 10 aromatic rings. The fraction of sp³-hybridized carbons (Fsp3) is 0.0213. The quantitative estimate of drug-likeness (QED) is 0.179. The van der Waals surface area contributed by atoms with Crippen molar-refractivity contribution in [1.29, 1.82) is 0 Å². The molecule has 0 aliphatic carbocycles. The van der Waals surface area contributed by atoms with Gasteiger partial charge in [0.05, 0.1) is 22.3 Å². The van der Waals surface area contributed by atoms with Crippen LogP contribution in [0.5, 0.6) is 0 Å². The van der Waals surface area contributed by atoms with Gasteiger partial charge in [0, 0.05) is 42.1 Å². The first kappa shape index (κ1) is 27.1. The normalized spacial score (nSPS) is 12.5. The number of furan rings is 1. The van der Waals surface area contributed by atoms with E-state index in [2.05, 4.69) is 114 Å². The van der Waals surface area contributed by atoms with Gasteiger partial charge in [-0.25, -0.2) is 9.97 Å². The smallest absolute Gasteiger partial charge is 0.227 e. The molecule has 0 fully saturated rings. The second kappa shape index (κ2) is 12.0. The lowest BCUT2D eigenvalue weighted by Crippen LogP contribution is -2.03. The molecule has 3 heterocycles. The fourth-order valence-corrected chi connectivity index (χ4v) is 7.30. The summed E-state index contributed by atoms with van der Waals surface area (Å²) in [4.78, 5) is 10.3. The van der Waals surface area contributed by atoms with Gasteiger partial charge in [0.2, 0.25) is 5.71 Å². The average molecular weight is 656 g/mol. The summed E-state index contributed by atoms with van der Waals surface area (Å²) >= 11 is 0. The highest BCUT2D eigenvalue weighted by atomic mass is 16.3. The predicted octanol–water partition coefficient (Wildman–Crippen LogP) is 12.1. The van der Waals surface area contributed by atoms with Crippen LogP contribution >= 0.6 is 0 Å². The Kier molecular flexibility index (Phi) is 6.36. The van der Waals surface area contributed by atoms with Crippen LogP contribution in [0.25, 0.3) is 83.2 Å². The minimum Gasteiger partial charge on any atom is -0.437 e. The number of imidazole rings is 1. The highest BCUT2D eigenvalue weighted by molar-refractivity contribution is 6.11. The number of rotatable bonds is 6. The molecule has 0 saturated carbocycles. The third-order valence-electron chi connectivity index (χ3n) is 9.63. The standard InChI is InChI=1S/C47H31N3O/c1-4-14-31(15-5-1)30-35-27-28-40-39-24-13-25-41(45(39)51-47(40)48-35)46-49-43-36-21-11-10-20-34(36)26-29-42(43)50(46)44-37(32-16-6-2-7-17-32)22-12-23-38(44)33-18-8-3-9-19-33/h1-29H,30H2/i30D2. The van der Waals surface area contributed by atoms with Crippen molar-refractivity contribution in [3.63, 3.8) is 0 Å². The lowest BCUT2D eigenvalue weighted by atomic mass is 9.95. The van der Waals surface area contributed by atoms with Crippen molar-refractivity contribution in [2.45, 2.75) is 6.37 Å². The minimum absolute atomic E-state index is 0.291. The molecular weight excluding hydrogens is 623 g/mol. The Hall–Kier alpha value is -6.78. The van der Waals surface area contributed by atoms with Crippen molar-refractivity contribution >= 4 is 43.9 Å². The van der Waals surface area contributed by atoms with Gasteiger partial charge in [0.15, 0.2) is 0 Å². The van der Waals surface area contributed by atoms with Crippen LogP contribution in [0.4, 0.5) is 0 Å². The van der Waals surface area contributed by atoms with E-state index in [1.807, 2.05) is 48.5 Å². The van der Waals surface area contributed by atoms with Crippen LogP contribution < -0.4 is 0 Å². The van der Waals surface area contributed by atoms with E-state index in [0.717, 1.165) is 71.9 Å². The SMILES string of the molecule is [2H]C([2H])(c1ccccc1)c1ccc2c(n1)oc1c(-c3nc4c5ccccc5ccc4n3-c3c(-c4ccccc4)cccc3-c3ccccc3)cccc12. The maximum absolute atomic E-state index is 8.98. The van der Waals surface area contributed by atoms with E-state index in [1.54, 1.807) is 18.2 Å². The third kappa shape index (κ3) is 4.92. The molecule has 0 saturated heterocycles. The third-order valence-corrected chi connectivity index (χ3v) is 9.63. The van der Waals surface area contributed by atoms with Crippen molar-refractivity contribution in [2.75, 3.05) is 0 Å². The number of hydrogen-bond acceptors (Lipinski definition) is 3. The molecule has 4 nitrogen and oxygen atoms in total. The summed E-state index contributed by atoms with van der Waals surface area (Å²) < 4.78 is 26.9. The molecule has 0 spiro atoms. The van der Waals surface area contributed by atoms with Gasteiger partial charge in [-0.05, 0) is 46.3 Å². The van der Waals surface area contributed by atoms with Crippen LogP contribution in [0.2, 0.25) is 0 Å². The molecule has 7 aromatic carbocycles. The Balaban J connectivity index is 1.29. The number of nitrogens with zero attached hydrogens (tertiary/aromatic N) is 3. The van der Waals surface area contributed by atoms with Gasteiger partial charge in [-0.15, -0.1) is 0 Å². The Labute approximate surface area is 297 Å². The van der Waals surface area contributed by atoms with Crippen LogP contribution in [0.3, 0.4) is 0 Å². The summed E-state index contributed by atoms with van der Waals surface area (Å²) in [6, 6.07) is 59.1. The number of aromatic nitrogens is 3. The van der Waals surface area contributed by atoms with E-state index in [4.69, 9.17) is 17.1 Å². The molecule has 0 amide bonds. The maximum atomic E-state index is 8.98. The first-order valence-electron chi connectivity index (χ1n) is 18.1. The highest BCUT2D eigenvalue weighted by Crippen LogP contribution is 2.43. The highest BCUT2D eigenvalue weighted by Gasteiger charge is 2.25. The molecule has 0 radical (unpaired) electrons. The number of benzene rings is 7. The van der Waals surface area contributed by atoms with E-state index in [-0.39, 0.29) is 0 Å². The molecule has 4 heteroatoms. The van der Waals surface area contributed by atoms with E-state index >= 15 is 0 Å². The van der Waals surface area contributed by atoms with Crippen LogP contribution in [-0.4, -0.2) is 14.5 Å². The molecule has 0 bridgehead atoms. The van der Waals surface area contributed by atoms with Gasteiger partial charge >= 0.3 is 0 Å². The van der Waals surface area contributed by atoms with Crippen LogP contribution in [0, 0.1) is 0 Å². The Bertz CT molecular complexity index is 2910. The van der Waals surface area contributed by atoms with Gasteiger partial charge in [-0.1, -0.05) is 152 Å². The van der Waals surface area contributed by atoms with E-state index < -0.39 is 6.37 Å². The van der Waals surface area contributed by atoms with E-state index in [0.29, 0.717) is 22.6 Å². The lowest BCUT2D eigenvalue weighted by Gasteiger charge is -2.20. The van der Waals surface area contributed by atoms with Crippen molar-refractivity contribution in [3.8, 4) is 39.3 Å². The van der Waals surface area contributed by atoms with Gasteiger partial charge in [-0.3, -0.25) is 4.57 Å². The first-order valence-corrected chi connectivity index (χ1v) is 17.1. The van der Waals surface area contributed by atoms with Crippen LogP contribution in [-0.2, 0) is 6.37 Å². The minimum atomic E-state index is -1.80. The number of fused-ring (bicyclic) bond motifs is 6. The van der Waals surface area contributed by atoms with Crippen LogP contribution in [0.15, 0.2) is 180 Å². The first-order chi connectivity index (χ1) is 26.1. The summed E-state index contributed by atoms with van der Waals surface area (Å²) in [5, 5.41) is 3.88.